The standard InChI is InChI=1S/C16H21NO2S/c1-17(16(19)9-11-20-2)13-15-8-5-7-14(12-15)6-3-4-10-18/h5,7-8,12,18H,4,9-11,13H2,1-2H3. The zero-order chi connectivity index (χ0) is 14.8. The molecule has 108 valence electrons. The molecule has 0 saturated heterocycles. The summed E-state index contributed by atoms with van der Waals surface area (Å²) >= 11 is 1.68. The quantitative estimate of drug-likeness (QED) is 0.816. The van der Waals surface area contributed by atoms with E-state index in [9.17, 15) is 4.79 Å². The maximum atomic E-state index is 11.9. The molecule has 0 unspecified atom stereocenters. The van der Waals surface area contributed by atoms with E-state index in [1.165, 1.54) is 0 Å². The number of hydrogen-bond donors (Lipinski definition) is 1. The van der Waals surface area contributed by atoms with Crippen LogP contribution in [0.5, 0.6) is 0 Å². The van der Waals surface area contributed by atoms with Gasteiger partial charge in [0.2, 0.25) is 5.91 Å². The molecular weight excluding hydrogens is 270 g/mol. The molecule has 0 spiro atoms. The summed E-state index contributed by atoms with van der Waals surface area (Å²) in [5.41, 5.74) is 1.99. The number of nitrogens with zero attached hydrogens (tertiary/aromatic N) is 1. The lowest BCUT2D eigenvalue weighted by atomic mass is 10.1. The average Bonchev–Trinajstić information content (AvgIpc) is 2.45. The van der Waals surface area contributed by atoms with Gasteiger partial charge < -0.3 is 10.0 Å². The van der Waals surface area contributed by atoms with Crippen LogP contribution in [0.4, 0.5) is 0 Å². The minimum atomic E-state index is 0.0827. The lowest BCUT2D eigenvalue weighted by Crippen LogP contribution is -2.26. The average molecular weight is 291 g/mol. The molecule has 1 amide bonds. The molecule has 0 saturated carbocycles. The SMILES string of the molecule is CSCCC(=O)N(C)Cc1cccc(C#CCCO)c1. The van der Waals surface area contributed by atoms with Crippen molar-refractivity contribution in [2.45, 2.75) is 19.4 Å². The van der Waals surface area contributed by atoms with Crippen LogP contribution < -0.4 is 0 Å². The van der Waals surface area contributed by atoms with Crippen molar-refractivity contribution in [3.63, 3.8) is 0 Å². The zero-order valence-corrected chi connectivity index (χ0v) is 12.9. The van der Waals surface area contributed by atoms with Gasteiger partial charge in [0.05, 0.1) is 6.61 Å². The summed E-state index contributed by atoms with van der Waals surface area (Å²) in [6.45, 7) is 0.683. The fraction of sp³-hybridized carbons (Fsp3) is 0.438. The van der Waals surface area contributed by atoms with Crippen LogP contribution in [-0.2, 0) is 11.3 Å². The highest BCUT2D eigenvalue weighted by atomic mass is 32.2. The van der Waals surface area contributed by atoms with Crippen LogP contribution >= 0.6 is 11.8 Å². The number of thioether (sulfide) groups is 1. The molecule has 0 aromatic heterocycles. The van der Waals surface area contributed by atoms with Crippen molar-refractivity contribution in [1.82, 2.24) is 4.90 Å². The highest BCUT2D eigenvalue weighted by Gasteiger charge is 2.08. The van der Waals surface area contributed by atoms with E-state index in [-0.39, 0.29) is 12.5 Å². The van der Waals surface area contributed by atoms with Gasteiger partial charge in [0, 0.05) is 37.8 Å². The predicted octanol–water partition coefficient (Wildman–Crippen LogP) is 2.13. The number of aliphatic hydroxyl groups is 1. The Morgan fingerprint density at radius 2 is 2.25 bits per heavy atom. The normalized spacial score (nSPS) is 9.75. The monoisotopic (exact) mass is 291 g/mol. The summed E-state index contributed by atoms with van der Waals surface area (Å²) < 4.78 is 0. The van der Waals surface area contributed by atoms with Gasteiger partial charge in [-0.1, -0.05) is 24.0 Å². The van der Waals surface area contributed by atoms with Crippen molar-refractivity contribution in [3.8, 4) is 11.8 Å². The first-order valence-corrected chi connectivity index (χ1v) is 7.98. The minimum Gasteiger partial charge on any atom is -0.395 e. The number of benzene rings is 1. The lowest BCUT2D eigenvalue weighted by molar-refractivity contribution is -0.129. The summed E-state index contributed by atoms with van der Waals surface area (Å²) in [5, 5.41) is 8.70. The van der Waals surface area contributed by atoms with Gasteiger partial charge in [-0.05, 0) is 24.0 Å². The second-order valence-electron chi connectivity index (χ2n) is 4.47. The fourth-order valence-corrected chi connectivity index (χ4v) is 2.09. The Morgan fingerprint density at radius 3 is 2.95 bits per heavy atom. The summed E-state index contributed by atoms with van der Waals surface area (Å²) in [4.78, 5) is 13.6. The first-order valence-electron chi connectivity index (χ1n) is 6.59. The van der Waals surface area contributed by atoms with Crippen molar-refractivity contribution >= 4 is 17.7 Å². The van der Waals surface area contributed by atoms with E-state index >= 15 is 0 Å². The largest absolute Gasteiger partial charge is 0.395 e. The molecule has 1 aromatic rings. The smallest absolute Gasteiger partial charge is 0.223 e. The lowest BCUT2D eigenvalue weighted by Gasteiger charge is -2.17. The molecule has 0 aliphatic carbocycles. The van der Waals surface area contributed by atoms with Crippen LogP contribution in [0.2, 0.25) is 0 Å². The van der Waals surface area contributed by atoms with Crippen LogP contribution in [0.25, 0.3) is 0 Å². The Balaban J connectivity index is 2.62. The van der Waals surface area contributed by atoms with Crippen LogP contribution in [-0.4, -0.2) is 41.6 Å². The van der Waals surface area contributed by atoms with E-state index in [4.69, 9.17) is 5.11 Å². The molecule has 0 aliphatic rings. The summed E-state index contributed by atoms with van der Waals surface area (Å²) in [6, 6.07) is 7.86. The summed E-state index contributed by atoms with van der Waals surface area (Å²) in [7, 11) is 1.83. The molecule has 0 aliphatic heterocycles. The third-order valence-corrected chi connectivity index (χ3v) is 3.37. The molecule has 0 heterocycles. The molecule has 1 rings (SSSR count). The Kier molecular flexibility index (Phi) is 7.86. The topological polar surface area (TPSA) is 40.5 Å². The molecule has 3 nitrogen and oxygen atoms in total. The van der Waals surface area contributed by atoms with Crippen LogP contribution in [0, 0.1) is 11.8 Å². The van der Waals surface area contributed by atoms with Crippen molar-refractivity contribution < 1.29 is 9.90 Å². The van der Waals surface area contributed by atoms with Crippen molar-refractivity contribution in [2.75, 3.05) is 25.7 Å². The van der Waals surface area contributed by atoms with Crippen LogP contribution in [0.1, 0.15) is 24.0 Å². The molecule has 0 radical (unpaired) electrons. The number of carbonyl (C=O) groups is 1. The molecule has 0 fully saturated rings. The first kappa shape index (κ1) is 16.6. The number of rotatable bonds is 6. The molecule has 1 aromatic carbocycles. The number of hydrogen-bond acceptors (Lipinski definition) is 3. The molecule has 0 atom stereocenters. The Bertz CT molecular complexity index is 491. The fourth-order valence-electron chi connectivity index (χ4n) is 1.71. The van der Waals surface area contributed by atoms with Crippen LogP contribution in [0.15, 0.2) is 24.3 Å². The third kappa shape index (κ3) is 6.14. The second-order valence-corrected chi connectivity index (χ2v) is 5.45. The van der Waals surface area contributed by atoms with E-state index in [1.54, 1.807) is 16.7 Å². The van der Waals surface area contributed by atoms with Gasteiger partial charge in [0.25, 0.3) is 0 Å². The van der Waals surface area contributed by atoms with Gasteiger partial charge in [0.15, 0.2) is 0 Å². The van der Waals surface area contributed by atoms with Gasteiger partial charge in [-0.2, -0.15) is 11.8 Å². The number of aliphatic hydroxyl groups excluding tert-OH is 1. The molecular formula is C16H21NO2S. The maximum absolute atomic E-state index is 11.9. The number of amides is 1. The van der Waals surface area contributed by atoms with Gasteiger partial charge in [-0.15, -0.1) is 0 Å². The Hall–Kier alpha value is -1.44. The highest BCUT2D eigenvalue weighted by molar-refractivity contribution is 7.98. The minimum absolute atomic E-state index is 0.0827. The third-order valence-electron chi connectivity index (χ3n) is 2.76. The highest BCUT2D eigenvalue weighted by Crippen LogP contribution is 2.08. The van der Waals surface area contributed by atoms with E-state index in [0.717, 1.165) is 16.9 Å². The van der Waals surface area contributed by atoms with Gasteiger partial charge >= 0.3 is 0 Å². The molecule has 0 bridgehead atoms. The van der Waals surface area contributed by atoms with E-state index in [1.807, 2.05) is 37.6 Å². The van der Waals surface area contributed by atoms with E-state index < -0.39 is 0 Å². The van der Waals surface area contributed by atoms with Gasteiger partial charge in [-0.25, -0.2) is 0 Å². The van der Waals surface area contributed by atoms with Crippen molar-refractivity contribution in [1.29, 1.82) is 0 Å². The second kappa shape index (κ2) is 9.46. The maximum Gasteiger partial charge on any atom is 0.223 e. The first-order chi connectivity index (χ1) is 9.67. The van der Waals surface area contributed by atoms with Crippen molar-refractivity contribution in [2.24, 2.45) is 0 Å². The molecule has 1 N–H and O–H groups in total. The predicted molar refractivity (Wildman–Crippen MR) is 84.5 cm³/mol. The molecule has 20 heavy (non-hydrogen) atoms. The van der Waals surface area contributed by atoms with E-state index in [0.29, 0.717) is 19.4 Å². The van der Waals surface area contributed by atoms with E-state index in [2.05, 4.69) is 11.8 Å². The zero-order valence-electron chi connectivity index (χ0n) is 12.1. The van der Waals surface area contributed by atoms with Gasteiger partial charge in [-0.3, -0.25) is 4.79 Å². The summed E-state index contributed by atoms with van der Waals surface area (Å²) in [5.74, 6) is 6.93. The van der Waals surface area contributed by atoms with Crippen molar-refractivity contribution in [3.05, 3.63) is 35.4 Å². The number of carbonyl (C=O) groups excluding carboxylic acids is 1. The van der Waals surface area contributed by atoms with Crippen LogP contribution in [0.3, 0.4) is 0 Å². The molecule has 4 heteroatoms. The van der Waals surface area contributed by atoms with Gasteiger partial charge in [0.1, 0.15) is 0 Å². The Morgan fingerprint density at radius 1 is 1.45 bits per heavy atom. The summed E-state index contributed by atoms with van der Waals surface area (Å²) in [6.07, 6.45) is 3.06. The Labute approximate surface area is 125 Å².